The topological polar surface area (TPSA) is 82.7 Å². The van der Waals surface area contributed by atoms with Crippen LogP contribution in [0.5, 0.6) is 0 Å². The van der Waals surface area contributed by atoms with E-state index in [1.165, 1.54) is 0 Å². The number of carbonyl (C=O) groups is 1. The van der Waals surface area contributed by atoms with Crippen LogP contribution in [0.15, 0.2) is 36.5 Å². The number of amides is 1. The zero-order chi connectivity index (χ0) is 21.3. The van der Waals surface area contributed by atoms with E-state index in [1.807, 2.05) is 24.4 Å². The number of hydrogen-bond acceptors (Lipinski definition) is 4. The van der Waals surface area contributed by atoms with Crippen molar-refractivity contribution in [2.24, 2.45) is 11.8 Å². The Morgan fingerprint density at radius 2 is 1.97 bits per heavy atom. The average Bonchev–Trinajstić information content (AvgIpc) is 3.16. The number of aromatic nitrogens is 2. The minimum Gasteiger partial charge on any atom is -0.353 e. The summed E-state index contributed by atoms with van der Waals surface area (Å²) in [5.74, 6) is -2.94. The van der Waals surface area contributed by atoms with E-state index in [2.05, 4.69) is 21.8 Å². The van der Waals surface area contributed by atoms with Gasteiger partial charge in [0.15, 0.2) is 5.82 Å². The van der Waals surface area contributed by atoms with Gasteiger partial charge in [-0.05, 0) is 43.5 Å². The molecule has 2 saturated carbocycles. The average molecular weight is 434 g/mol. The van der Waals surface area contributed by atoms with Crippen LogP contribution in [0.3, 0.4) is 0 Å². The van der Waals surface area contributed by atoms with Crippen molar-refractivity contribution in [1.82, 2.24) is 15.1 Å². The molecule has 4 rings (SSSR count). The Labute approximate surface area is 178 Å². The molecule has 2 N–H and O–H groups in total. The standard InChI is InChI=1S/C21H22ClF2N5O/c22-15-2-4-16(5-3-15)26-19-7-8-29(28-19)18-6-1-13(9-14(18)12-25)20(30)27-17-10-21(23,24)11-17/h2-5,7-8,13-14,17-18H,1,6,9-11H2,(H,26,28)(H,27,30). The van der Waals surface area contributed by atoms with Crippen molar-refractivity contribution in [3.05, 3.63) is 41.6 Å². The highest BCUT2D eigenvalue weighted by molar-refractivity contribution is 6.30. The van der Waals surface area contributed by atoms with Gasteiger partial charge >= 0.3 is 0 Å². The molecule has 0 radical (unpaired) electrons. The van der Waals surface area contributed by atoms with Gasteiger partial charge in [-0.3, -0.25) is 9.48 Å². The smallest absolute Gasteiger partial charge is 0.252 e. The lowest BCUT2D eigenvalue weighted by Gasteiger charge is -2.37. The summed E-state index contributed by atoms with van der Waals surface area (Å²) in [5.41, 5.74) is 0.850. The zero-order valence-corrected chi connectivity index (χ0v) is 16.9. The Kier molecular flexibility index (Phi) is 5.65. The third kappa shape index (κ3) is 4.57. The van der Waals surface area contributed by atoms with Crippen LogP contribution < -0.4 is 10.6 Å². The van der Waals surface area contributed by atoms with E-state index in [0.717, 1.165) is 5.69 Å². The quantitative estimate of drug-likeness (QED) is 0.717. The van der Waals surface area contributed by atoms with Crippen LogP contribution in [0.4, 0.5) is 20.3 Å². The Balaban J connectivity index is 1.35. The molecule has 1 amide bonds. The molecule has 0 aliphatic heterocycles. The first-order valence-electron chi connectivity index (χ1n) is 9.98. The minimum atomic E-state index is -2.66. The molecule has 9 heteroatoms. The molecule has 2 aliphatic carbocycles. The number of nitrogens with zero attached hydrogens (tertiary/aromatic N) is 3. The molecule has 2 aromatic rings. The molecule has 1 heterocycles. The summed E-state index contributed by atoms with van der Waals surface area (Å²) in [6.45, 7) is 0. The lowest BCUT2D eigenvalue weighted by Crippen LogP contribution is -2.52. The normalized spacial score (nSPS) is 25.7. The molecule has 30 heavy (non-hydrogen) atoms. The van der Waals surface area contributed by atoms with Crippen LogP contribution in [0.2, 0.25) is 5.02 Å². The van der Waals surface area contributed by atoms with Crippen LogP contribution in [-0.2, 0) is 4.79 Å². The summed E-state index contributed by atoms with van der Waals surface area (Å²) in [6.07, 6.45) is 2.84. The van der Waals surface area contributed by atoms with Crippen LogP contribution in [0.25, 0.3) is 0 Å². The highest BCUT2D eigenvalue weighted by atomic mass is 35.5. The van der Waals surface area contributed by atoms with Crippen molar-refractivity contribution in [1.29, 1.82) is 5.26 Å². The van der Waals surface area contributed by atoms with Crippen LogP contribution in [0.1, 0.15) is 38.1 Å². The predicted octanol–water partition coefficient (Wildman–Crippen LogP) is 4.67. The van der Waals surface area contributed by atoms with E-state index in [0.29, 0.717) is 30.1 Å². The van der Waals surface area contributed by atoms with Crippen LogP contribution in [-0.4, -0.2) is 27.7 Å². The number of benzene rings is 1. The van der Waals surface area contributed by atoms with Crippen LogP contribution in [0, 0.1) is 23.2 Å². The first-order valence-corrected chi connectivity index (χ1v) is 10.4. The van der Waals surface area contributed by atoms with Crippen molar-refractivity contribution in [2.75, 3.05) is 5.32 Å². The summed E-state index contributed by atoms with van der Waals surface area (Å²) in [4.78, 5) is 12.4. The number of nitrogens with one attached hydrogen (secondary N) is 2. The van der Waals surface area contributed by atoms with E-state index < -0.39 is 12.0 Å². The Morgan fingerprint density at radius 3 is 2.63 bits per heavy atom. The number of anilines is 2. The van der Waals surface area contributed by atoms with Gasteiger partial charge < -0.3 is 10.6 Å². The lowest BCUT2D eigenvalue weighted by molar-refractivity contribution is -0.134. The fourth-order valence-corrected chi connectivity index (χ4v) is 4.33. The maximum Gasteiger partial charge on any atom is 0.252 e. The molecule has 1 aromatic carbocycles. The summed E-state index contributed by atoms with van der Waals surface area (Å²) in [5, 5.41) is 20.7. The largest absolute Gasteiger partial charge is 0.353 e. The van der Waals surface area contributed by atoms with Crippen molar-refractivity contribution < 1.29 is 13.6 Å². The lowest BCUT2D eigenvalue weighted by atomic mass is 9.77. The highest BCUT2D eigenvalue weighted by Crippen LogP contribution is 2.40. The van der Waals surface area contributed by atoms with Gasteiger partial charge in [-0.1, -0.05) is 11.6 Å². The van der Waals surface area contributed by atoms with Crippen LogP contribution >= 0.6 is 11.6 Å². The minimum absolute atomic E-state index is 0.132. The van der Waals surface area contributed by atoms with Gasteiger partial charge in [0, 0.05) is 47.8 Å². The monoisotopic (exact) mass is 433 g/mol. The van der Waals surface area contributed by atoms with Gasteiger partial charge in [0.2, 0.25) is 5.91 Å². The molecular formula is C21H22ClF2N5O. The molecule has 0 spiro atoms. The van der Waals surface area contributed by atoms with E-state index in [-0.39, 0.29) is 36.6 Å². The second kappa shape index (κ2) is 8.23. The number of carbonyl (C=O) groups excluding carboxylic acids is 1. The third-order valence-corrected chi connectivity index (χ3v) is 6.10. The van der Waals surface area contributed by atoms with Crippen molar-refractivity contribution >= 4 is 29.0 Å². The van der Waals surface area contributed by atoms with E-state index in [1.54, 1.807) is 16.8 Å². The molecule has 0 bridgehead atoms. The first kappa shape index (κ1) is 20.6. The van der Waals surface area contributed by atoms with Crippen molar-refractivity contribution in [3.63, 3.8) is 0 Å². The number of alkyl halides is 2. The molecule has 2 fully saturated rings. The second-order valence-electron chi connectivity index (χ2n) is 8.10. The van der Waals surface area contributed by atoms with Gasteiger partial charge in [0.05, 0.1) is 18.0 Å². The molecular weight excluding hydrogens is 412 g/mol. The number of halogens is 3. The van der Waals surface area contributed by atoms with E-state index in [9.17, 15) is 18.8 Å². The van der Waals surface area contributed by atoms with Gasteiger partial charge in [-0.2, -0.15) is 10.4 Å². The zero-order valence-electron chi connectivity index (χ0n) is 16.2. The van der Waals surface area contributed by atoms with E-state index in [4.69, 9.17) is 11.6 Å². The molecule has 6 nitrogen and oxygen atoms in total. The maximum atomic E-state index is 13.0. The molecule has 3 atom stereocenters. The molecule has 0 saturated heterocycles. The van der Waals surface area contributed by atoms with Gasteiger partial charge in [0.1, 0.15) is 0 Å². The first-order chi connectivity index (χ1) is 14.3. The number of nitriles is 1. The van der Waals surface area contributed by atoms with Gasteiger partial charge in [0.25, 0.3) is 5.92 Å². The molecule has 1 aromatic heterocycles. The fourth-order valence-electron chi connectivity index (χ4n) is 4.20. The molecule has 3 unspecified atom stereocenters. The SMILES string of the molecule is N#CC1CC(C(=O)NC2CC(F)(F)C2)CCC1n1ccc(Nc2ccc(Cl)cc2)n1. The fraction of sp³-hybridized carbons (Fsp3) is 0.476. The second-order valence-corrected chi connectivity index (χ2v) is 8.53. The molecule has 158 valence electrons. The number of hydrogen-bond donors (Lipinski definition) is 2. The van der Waals surface area contributed by atoms with Gasteiger partial charge in [-0.15, -0.1) is 0 Å². The highest BCUT2D eigenvalue weighted by Gasteiger charge is 2.46. The Morgan fingerprint density at radius 1 is 1.23 bits per heavy atom. The third-order valence-electron chi connectivity index (χ3n) is 5.85. The summed E-state index contributed by atoms with van der Waals surface area (Å²) in [6, 6.07) is 10.8. The summed E-state index contributed by atoms with van der Waals surface area (Å²) in [7, 11) is 0. The molecule has 2 aliphatic rings. The van der Waals surface area contributed by atoms with E-state index >= 15 is 0 Å². The summed E-state index contributed by atoms with van der Waals surface area (Å²) >= 11 is 5.90. The predicted molar refractivity (Wildman–Crippen MR) is 109 cm³/mol. The summed E-state index contributed by atoms with van der Waals surface area (Å²) < 4.78 is 27.7. The Hall–Kier alpha value is -2.66. The van der Waals surface area contributed by atoms with Crippen molar-refractivity contribution in [3.8, 4) is 6.07 Å². The van der Waals surface area contributed by atoms with Crippen molar-refractivity contribution in [2.45, 2.75) is 50.1 Å². The number of rotatable bonds is 5. The maximum absolute atomic E-state index is 13.0. The Bertz CT molecular complexity index is 947. The van der Waals surface area contributed by atoms with Gasteiger partial charge in [-0.25, -0.2) is 8.78 Å².